The number of carbonyl (C=O) groups excluding carboxylic acids is 1. The molecule has 0 spiro atoms. The molecule has 0 radical (unpaired) electrons. The second-order valence-corrected chi connectivity index (χ2v) is 3.95. The largest absolute Gasteiger partial charge is 0.280 e. The van der Waals surface area contributed by atoms with Crippen LogP contribution in [0, 0.1) is 0 Å². The molecule has 1 saturated carbocycles. The van der Waals surface area contributed by atoms with E-state index < -0.39 is 0 Å². The van der Waals surface area contributed by atoms with Crippen molar-refractivity contribution >= 4 is 18.0 Å². The summed E-state index contributed by atoms with van der Waals surface area (Å²) in [5.41, 5.74) is 1.19. The number of hydrogen-bond donors (Lipinski definition) is 1. The van der Waals surface area contributed by atoms with Gasteiger partial charge in [0.15, 0.2) is 0 Å². The molecule has 0 saturated heterocycles. The highest BCUT2D eigenvalue weighted by molar-refractivity contribution is 6.30. The van der Waals surface area contributed by atoms with Crippen LogP contribution in [-0.2, 0) is 4.79 Å². The van der Waals surface area contributed by atoms with E-state index in [2.05, 4.69) is 0 Å². The monoisotopic (exact) mass is 210 g/mol. The Bertz CT molecular complexity index is 338. The number of nitrogens with zero attached hydrogens (tertiary/aromatic N) is 1. The first-order valence-electron chi connectivity index (χ1n) is 4.46. The third-order valence-corrected chi connectivity index (χ3v) is 2.81. The van der Waals surface area contributed by atoms with Gasteiger partial charge in [-0.2, -0.15) is 0 Å². The average Bonchev–Trinajstić information content (AvgIpc) is 2.98. The van der Waals surface area contributed by atoms with Gasteiger partial charge in [0.1, 0.15) is 0 Å². The minimum Gasteiger partial charge on any atom is -0.280 e. The SMILES string of the molecule is NN(C=O)C1CC1c1ccc(Cl)cc1. The van der Waals surface area contributed by atoms with Gasteiger partial charge in [0.25, 0.3) is 0 Å². The van der Waals surface area contributed by atoms with Crippen molar-refractivity contribution in [2.24, 2.45) is 5.84 Å². The Morgan fingerprint density at radius 1 is 1.43 bits per heavy atom. The third-order valence-electron chi connectivity index (χ3n) is 2.56. The molecule has 0 heterocycles. The first-order chi connectivity index (χ1) is 6.72. The summed E-state index contributed by atoms with van der Waals surface area (Å²) in [5, 5.41) is 1.96. The van der Waals surface area contributed by atoms with E-state index in [4.69, 9.17) is 17.4 Å². The maximum absolute atomic E-state index is 10.4. The zero-order chi connectivity index (χ0) is 10.1. The van der Waals surface area contributed by atoms with Crippen LogP contribution in [0.2, 0.25) is 5.02 Å². The molecule has 3 nitrogen and oxygen atoms in total. The first-order valence-corrected chi connectivity index (χ1v) is 4.84. The van der Waals surface area contributed by atoms with E-state index in [1.165, 1.54) is 10.6 Å². The molecule has 0 aliphatic heterocycles. The van der Waals surface area contributed by atoms with E-state index in [1.807, 2.05) is 24.3 Å². The van der Waals surface area contributed by atoms with Crippen molar-refractivity contribution in [2.45, 2.75) is 18.4 Å². The van der Waals surface area contributed by atoms with Crippen LogP contribution in [0.25, 0.3) is 0 Å². The van der Waals surface area contributed by atoms with Crippen molar-refractivity contribution in [3.05, 3.63) is 34.9 Å². The highest BCUT2D eigenvalue weighted by Gasteiger charge is 2.41. The number of benzene rings is 1. The van der Waals surface area contributed by atoms with Crippen LogP contribution in [0.5, 0.6) is 0 Å². The fourth-order valence-electron chi connectivity index (χ4n) is 1.66. The number of hydrogen-bond acceptors (Lipinski definition) is 2. The van der Waals surface area contributed by atoms with Gasteiger partial charge in [-0.05, 0) is 24.1 Å². The number of nitrogens with two attached hydrogens (primary N) is 1. The average molecular weight is 211 g/mol. The maximum Gasteiger partial charge on any atom is 0.223 e. The lowest BCUT2D eigenvalue weighted by molar-refractivity contribution is -0.118. The van der Waals surface area contributed by atoms with Crippen LogP contribution in [0.4, 0.5) is 0 Å². The minimum absolute atomic E-state index is 0.161. The molecule has 0 aromatic heterocycles. The van der Waals surface area contributed by atoms with Crippen LogP contribution in [0.3, 0.4) is 0 Å². The second kappa shape index (κ2) is 3.59. The Balaban J connectivity index is 2.06. The molecule has 1 amide bonds. The number of halogens is 1. The Kier molecular flexibility index (Phi) is 2.44. The number of amides is 1. The van der Waals surface area contributed by atoms with Gasteiger partial charge in [-0.15, -0.1) is 0 Å². The van der Waals surface area contributed by atoms with Crippen molar-refractivity contribution < 1.29 is 4.79 Å². The topological polar surface area (TPSA) is 46.3 Å². The predicted octanol–water partition coefficient (Wildman–Crippen LogP) is 1.53. The highest BCUT2D eigenvalue weighted by Crippen LogP contribution is 2.43. The molecule has 1 fully saturated rings. The molecular weight excluding hydrogens is 200 g/mol. The van der Waals surface area contributed by atoms with Crippen molar-refractivity contribution in [2.75, 3.05) is 0 Å². The zero-order valence-corrected chi connectivity index (χ0v) is 8.32. The molecule has 1 aromatic carbocycles. The van der Waals surface area contributed by atoms with Crippen LogP contribution < -0.4 is 5.84 Å². The summed E-state index contributed by atoms with van der Waals surface area (Å²) >= 11 is 5.77. The Morgan fingerprint density at radius 3 is 2.64 bits per heavy atom. The fourth-order valence-corrected chi connectivity index (χ4v) is 1.78. The quantitative estimate of drug-likeness (QED) is 0.356. The van der Waals surface area contributed by atoms with Crippen LogP contribution in [-0.4, -0.2) is 17.5 Å². The van der Waals surface area contributed by atoms with E-state index in [0.29, 0.717) is 12.3 Å². The molecule has 1 aromatic rings. The van der Waals surface area contributed by atoms with Gasteiger partial charge in [0.05, 0.1) is 6.04 Å². The first kappa shape index (κ1) is 9.49. The summed E-state index contributed by atoms with van der Waals surface area (Å²) in [7, 11) is 0. The van der Waals surface area contributed by atoms with E-state index in [9.17, 15) is 4.79 Å². The molecule has 2 atom stereocenters. The molecule has 1 aliphatic carbocycles. The molecule has 1 aliphatic rings. The minimum atomic E-state index is 0.161. The zero-order valence-electron chi connectivity index (χ0n) is 7.56. The van der Waals surface area contributed by atoms with Gasteiger partial charge >= 0.3 is 0 Å². The van der Waals surface area contributed by atoms with Crippen molar-refractivity contribution in [1.29, 1.82) is 0 Å². The summed E-state index contributed by atoms with van der Waals surface area (Å²) < 4.78 is 0. The summed E-state index contributed by atoms with van der Waals surface area (Å²) in [4.78, 5) is 10.4. The van der Waals surface area contributed by atoms with Crippen molar-refractivity contribution in [3.63, 3.8) is 0 Å². The lowest BCUT2D eigenvalue weighted by Gasteiger charge is -2.09. The van der Waals surface area contributed by atoms with E-state index in [-0.39, 0.29) is 6.04 Å². The molecular formula is C10H11ClN2O. The smallest absolute Gasteiger partial charge is 0.223 e. The fraction of sp³-hybridized carbons (Fsp3) is 0.300. The molecule has 0 bridgehead atoms. The van der Waals surface area contributed by atoms with Crippen molar-refractivity contribution in [3.8, 4) is 0 Å². The van der Waals surface area contributed by atoms with Gasteiger partial charge in [-0.3, -0.25) is 9.80 Å². The molecule has 2 rings (SSSR count). The lowest BCUT2D eigenvalue weighted by Crippen LogP contribution is -2.32. The van der Waals surface area contributed by atoms with E-state index >= 15 is 0 Å². The van der Waals surface area contributed by atoms with Gasteiger partial charge in [-0.25, -0.2) is 5.84 Å². The predicted molar refractivity (Wildman–Crippen MR) is 54.7 cm³/mol. The van der Waals surface area contributed by atoms with E-state index in [1.54, 1.807) is 0 Å². The Hall–Kier alpha value is -1.06. The van der Waals surface area contributed by atoms with Crippen LogP contribution in [0.15, 0.2) is 24.3 Å². The van der Waals surface area contributed by atoms with Gasteiger partial charge < -0.3 is 0 Å². The molecule has 14 heavy (non-hydrogen) atoms. The summed E-state index contributed by atoms with van der Waals surface area (Å²) in [6.07, 6.45) is 1.61. The highest BCUT2D eigenvalue weighted by atomic mass is 35.5. The summed E-state index contributed by atoms with van der Waals surface area (Å²) in [6, 6.07) is 7.83. The van der Waals surface area contributed by atoms with Gasteiger partial charge in [-0.1, -0.05) is 23.7 Å². The summed E-state index contributed by atoms with van der Waals surface area (Å²) in [6.45, 7) is 0. The second-order valence-electron chi connectivity index (χ2n) is 3.51. The van der Waals surface area contributed by atoms with Crippen molar-refractivity contribution in [1.82, 2.24) is 5.01 Å². The summed E-state index contributed by atoms with van der Waals surface area (Å²) in [5.74, 6) is 5.85. The van der Waals surface area contributed by atoms with Gasteiger partial charge in [0, 0.05) is 10.9 Å². The van der Waals surface area contributed by atoms with Crippen LogP contribution in [0.1, 0.15) is 17.9 Å². The van der Waals surface area contributed by atoms with Gasteiger partial charge in [0.2, 0.25) is 6.41 Å². The molecule has 74 valence electrons. The maximum atomic E-state index is 10.4. The Labute approximate surface area is 87.4 Å². The standard InChI is InChI=1S/C10H11ClN2O/c11-8-3-1-7(2-4-8)9-5-10(9)13(12)6-14/h1-4,6,9-10H,5,12H2. The number of rotatable bonds is 3. The lowest BCUT2D eigenvalue weighted by atomic mass is 10.1. The normalized spacial score (nSPS) is 24.4. The molecule has 2 unspecified atom stereocenters. The third kappa shape index (κ3) is 1.74. The Morgan fingerprint density at radius 2 is 2.07 bits per heavy atom. The molecule has 4 heteroatoms. The number of carbonyl (C=O) groups is 1. The molecule has 2 N–H and O–H groups in total. The van der Waals surface area contributed by atoms with E-state index in [0.717, 1.165) is 11.4 Å². The van der Waals surface area contributed by atoms with Crippen LogP contribution >= 0.6 is 11.6 Å². The number of hydrazine groups is 1.